The number of carbonyl (C=O) groups is 1. The molecule has 1 N–H and O–H groups in total. The summed E-state index contributed by atoms with van der Waals surface area (Å²) in [7, 11) is 0. The van der Waals surface area contributed by atoms with E-state index in [1.165, 1.54) is 5.56 Å². The Morgan fingerprint density at radius 1 is 1.40 bits per heavy atom. The lowest BCUT2D eigenvalue weighted by Gasteiger charge is -2.16. The van der Waals surface area contributed by atoms with Crippen molar-refractivity contribution in [2.75, 3.05) is 0 Å². The Kier molecular flexibility index (Phi) is 3.26. The molecule has 0 saturated carbocycles. The van der Waals surface area contributed by atoms with E-state index in [4.69, 9.17) is 16.0 Å². The van der Waals surface area contributed by atoms with Gasteiger partial charge in [0.05, 0.1) is 17.1 Å². The van der Waals surface area contributed by atoms with E-state index in [1.807, 2.05) is 24.3 Å². The third-order valence-corrected chi connectivity index (χ3v) is 3.97. The van der Waals surface area contributed by atoms with Crippen LogP contribution in [-0.2, 0) is 6.42 Å². The smallest absolute Gasteiger partial charge is 0.289 e. The minimum atomic E-state index is -0.268. The van der Waals surface area contributed by atoms with Gasteiger partial charge in [-0.1, -0.05) is 24.3 Å². The molecule has 0 aliphatic heterocycles. The Hall–Kier alpha value is -1.81. The molecule has 0 fully saturated rings. The van der Waals surface area contributed by atoms with Crippen molar-refractivity contribution < 1.29 is 9.21 Å². The first-order valence-corrected chi connectivity index (χ1v) is 6.96. The topological polar surface area (TPSA) is 55.1 Å². The van der Waals surface area contributed by atoms with Crippen LogP contribution in [-0.4, -0.2) is 16.3 Å². The zero-order valence-electron chi connectivity index (χ0n) is 11.3. The zero-order chi connectivity index (χ0) is 14.3. The lowest BCUT2D eigenvalue weighted by atomic mass is 10.1. The summed E-state index contributed by atoms with van der Waals surface area (Å²) in [4.78, 5) is 16.4. The number of oxazole rings is 1. The predicted octanol–water partition coefficient (Wildman–Crippen LogP) is 2.93. The molecule has 5 heteroatoms. The van der Waals surface area contributed by atoms with Crippen LogP contribution in [0.2, 0.25) is 0 Å². The standard InChI is InChI=1S/C15H15ClN2O2/c1-8-14(20-9(2)17-8)15(19)18-13-11-6-4-3-5-10(11)7-12(13)16/h3-6,12-13H,7H2,1-2H3,(H,18,19). The molecule has 0 spiro atoms. The highest BCUT2D eigenvalue weighted by atomic mass is 35.5. The molecular formula is C15H15ClN2O2. The van der Waals surface area contributed by atoms with Crippen LogP contribution in [0, 0.1) is 13.8 Å². The number of aromatic nitrogens is 1. The second-order valence-electron chi connectivity index (χ2n) is 5.02. The lowest BCUT2D eigenvalue weighted by Crippen LogP contribution is -2.32. The number of amides is 1. The monoisotopic (exact) mass is 290 g/mol. The van der Waals surface area contributed by atoms with Crippen molar-refractivity contribution in [1.82, 2.24) is 10.3 Å². The molecule has 0 bridgehead atoms. The second kappa shape index (κ2) is 4.94. The van der Waals surface area contributed by atoms with Crippen LogP contribution in [0.4, 0.5) is 0 Å². The second-order valence-corrected chi connectivity index (χ2v) is 5.58. The molecule has 0 radical (unpaired) electrons. The third kappa shape index (κ3) is 2.20. The lowest BCUT2D eigenvalue weighted by molar-refractivity contribution is 0.0907. The van der Waals surface area contributed by atoms with E-state index < -0.39 is 0 Å². The third-order valence-electron chi connectivity index (χ3n) is 3.56. The molecular weight excluding hydrogens is 276 g/mol. The van der Waals surface area contributed by atoms with Crippen LogP contribution in [0.25, 0.3) is 0 Å². The molecule has 1 aromatic heterocycles. The number of nitrogens with one attached hydrogen (secondary N) is 1. The number of hydrogen-bond acceptors (Lipinski definition) is 3. The van der Waals surface area contributed by atoms with Gasteiger partial charge in [-0.3, -0.25) is 4.79 Å². The first kappa shape index (κ1) is 13.2. The van der Waals surface area contributed by atoms with E-state index in [-0.39, 0.29) is 23.1 Å². The maximum absolute atomic E-state index is 12.3. The maximum Gasteiger partial charge on any atom is 0.289 e. The van der Waals surface area contributed by atoms with Crippen molar-refractivity contribution >= 4 is 17.5 Å². The first-order valence-electron chi connectivity index (χ1n) is 6.53. The predicted molar refractivity (Wildman–Crippen MR) is 76.0 cm³/mol. The van der Waals surface area contributed by atoms with Gasteiger partial charge in [-0.15, -0.1) is 11.6 Å². The van der Waals surface area contributed by atoms with Crippen molar-refractivity contribution in [3.63, 3.8) is 0 Å². The molecule has 2 unspecified atom stereocenters. The van der Waals surface area contributed by atoms with Gasteiger partial charge in [-0.25, -0.2) is 4.98 Å². The highest BCUT2D eigenvalue weighted by molar-refractivity contribution is 6.21. The Morgan fingerprint density at radius 3 is 2.85 bits per heavy atom. The van der Waals surface area contributed by atoms with Crippen LogP contribution in [0.5, 0.6) is 0 Å². The molecule has 4 nitrogen and oxygen atoms in total. The molecule has 1 heterocycles. The number of fused-ring (bicyclic) bond motifs is 1. The summed E-state index contributed by atoms with van der Waals surface area (Å²) in [5, 5.41) is 2.81. The van der Waals surface area contributed by atoms with Gasteiger partial charge >= 0.3 is 0 Å². The molecule has 104 valence electrons. The molecule has 1 aromatic carbocycles. The van der Waals surface area contributed by atoms with Crippen molar-refractivity contribution in [3.05, 3.63) is 52.7 Å². The Bertz CT molecular complexity index is 666. The van der Waals surface area contributed by atoms with Gasteiger partial charge in [0.1, 0.15) is 0 Å². The highest BCUT2D eigenvalue weighted by Crippen LogP contribution is 2.34. The van der Waals surface area contributed by atoms with Crippen molar-refractivity contribution in [3.8, 4) is 0 Å². The summed E-state index contributed by atoms with van der Waals surface area (Å²) in [6.07, 6.45) is 0.761. The molecule has 20 heavy (non-hydrogen) atoms. The molecule has 1 amide bonds. The minimum Gasteiger partial charge on any atom is -0.436 e. The fraction of sp³-hybridized carbons (Fsp3) is 0.333. The summed E-state index contributed by atoms with van der Waals surface area (Å²) < 4.78 is 5.34. The summed E-state index contributed by atoms with van der Waals surface area (Å²) in [5.74, 6) is 0.480. The van der Waals surface area contributed by atoms with E-state index >= 15 is 0 Å². The quantitative estimate of drug-likeness (QED) is 0.865. The molecule has 0 saturated heterocycles. The number of rotatable bonds is 2. The van der Waals surface area contributed by atoms with Gasteiger partial charge in [0, 0.05) is 6.92 Å². The highest BCUT2D eigenvalue weighted by Gasteiger charge is 2.33. The van der Waals surface area contributed by atoms with E-state index in [9.17, 15) is 4.79 Å². The number of nitrogens with zero attached hydrogens (tertiary/aromatic N) is 1. The molecule has 2 aromatic rings. The van der Waals surface area contributed by atoms with Crippen LogP contribution >= 0.6 is 11.6 Å². The number of carbonyl (C=O) groups excluding carboxylic acids is 1. The van der Waals surface area contributed by atoms with Crippen molar-refractivity contribution in [1.29, 1.82) is 0 Å². The van der Waals surface area contributed by atoms with Gasteiger partial charge in [0.25, 0.3) is 5.91 Å². The van der Waals surface area contributed by atoms with Gasteiger partial charge in [0.15, 0.2) is 5.89 Å². The fourth-order valence-corrected chi connectivity index (χ4v) is 3.03. The van der Waals surface area contributed by atoms with Crippen LogP contribution in [0.15, 0.2) is 28.7 Å². The Morgan fingerprint density at radius 2 is 2.15 bits per heavy atom. The average Bonchev–Trinajstić information content (AvgIpc) is 2.90. The number of aryl methyl sites for hydroxylation is 2. The van der Waals surface area contributed by atoms with Gasteiger partial charge < -0.3 is 9.73 Å². The van der Waals surface area contributed by atoms with Crippen LogP contribution < -0.4 is 5.32 Å². The van der Waals surface area contributed by atoms with Gasteiger partial charge in [-0.2, -0.15) is 0 Å². The minimum absolute atomic E-state index is 0.138. The van der Waals surface area contributed by atoms with Crippen molar-refractivity contribution in [2.45, 2.75) is 31.7 Å². The number of benzene rings is 1. The van der Waals surface area contributed by atoms with Gasteiger partial charge in [0.2, 0.25) is 5.76 Å². The molecule has 3 rings (SSSR count). The maximum atomic E-state index is 12.3. The van der Waals surface area contributed by atoms with E-state index in [1.54, 1.807) is 13.8 Å². The molecule has 1 aliphatic carbocycles. The Balaban J connectivity index is 1.85. The zero-order valence-corrected chi connectivity index (χ0v) is 12.1. The SMILES string of the molecule is Cc1nc(C)c(C(=O)NC2c3ccccc3CC2Cl)o1. The van der Waals surface area contributed by atoms with E-state index in [0.29, 0.717) is 11.6 Å². The summed E-state index contributed by atoms with van der Waals surface area (Å²) >= 11 is 6.36. The fourth-order valence-electron chi connectivity index (χ4n) is 2.66. The van der Waals surface area contributed by atoms with Crippen LogP contribution in [0.1, 0.15) is 39.3 Å². The van der Waals surface area contributed by atoms with E-state index in [0.717, 1.165) is 12.0 Å². The summed E-state index contributed by atoms with van der Waals surface area (Å²) in [5.41, 5.74) is 2.86. The normalized spacial score (nSPS) is 20.8. The molecule has 2 atom stereocenters. The Labute approximate surface area is 122 Å². The van der Waals surface area contributed by atoms with E-state index in [2.05, 4.69) is 10.3 Å². The first-order chi connectivity index (χ1) is 9.56. The largest absolute Gasteiger partial charge is 0.436 e. The van der Waals surface area contributed by atoms with Crippen LogP contribution in [0.3, 0.4) is 0 Å². The average molecular weight is 291 g/mol. The summed E-state index contributed by atoms with van der Waals surface area (Å²) in [6.45, 7) is 3.48. The van der Waals surface area contributed by atoms with Gasteiger partial charge in [-0.05, 0) is 24.5 Å². The number of halogens is 1. The number of hydrogen-bond donors (Lipinski definition) is 1. The summed E-state index contributed by atoms with van der Waals surface area (Å²) in [6, 6.07) is 7.79. The number of alkyl halides is 1. The van der Waals surface area contributed by atoms with Crippen molar-refractivity contribution in [2.24, 2.45) is 0 Å². The molecule has 1 aliphatic rings.